The summed E-state index contributed by atoms with van der Waals surface area (Å²) in [5.41, 5.74) is 4.86. The fraction of sp³-hybridized carbons (Fsp3) is 0.417. The number of aryl methyl sites for hydroxylation is 1. The quantitative estimate of drug-likeness (QED) is 0.801. The third-order valence-corrected chi connectivity index (χ3v) is 5.96. The van der Waals surface area contributed by atoms with E-state index in [9.17, 15) is 9.59 Å². The largest absolute Gasteiger partial charge is 0.322 e. The lowest BCUT2D eigenvalue weighted by molar-refractivity contribution is -0.122. The first-order valence-corrected chi connectivity index (χ1v) is 10.5. The van der Waals surface area contributed by atoms with Crippen LogP contribution >= 0.6 is 0 Å². The van der Waals surface area contributed by atoms with Crippen molar-refractivity contribution < 1.29 is 9.59 Å². The van der Waals surface area contributed by atoms with Gasteiger partial charge >= 0.3 is 0 Å². The zero-order valence-corrected chi connectivity index (χ0v) is 16.5. The summed E-state index contributed by atoms with van der Waals surface area (Å²) in [6, 6.07) is 13.7. The predicted octanol–water partition coefficient (Wildman–Crippen LogP) is 4.97. The highest BCUT2D eigenvalue weighted by Crippen LogP contribution is 2.34. The van der Waals surface area contributed by atoms with Crippen LogP contribution in [0.25, 0.3) is 0 Å². The molecule has 0 radical (unpaired) electrons. The molecule has 1 saturated carbocycles. The van der Waals surface area contributed by atoms with Crippen LogP contribution in [0.3, 0.4) is 0 Å². The number of anilines is 2. The summed E-state index contributed by atoms with van der Waals surface area (Å²) in [7, 11) is 0. The highest BCUT2D eigenvalue weighted by molar-refractivity contribution is 6.04. The summed E-state index contributed by atoms with van der Waals surface area (Å²) in [4.78, 5) is 27.3. The molecule has 28 heavy (non-hydrogen) atoms. The van der Waals surface area contributed by atoms with Crippen molar-refractivity contribution in [2.24, 2.45) is 5.92 Å². The van der Waals surface area contributed by atoms with E-state index in [0.29, 0.717) is 5.56 Å². The number of hydrogen-bond acceptors (Lipinski definition) is 2. The van der Waals surface area contributed by atoms with Crippen molar-refractivity contribution in [2.75, 3.05) is 16.8 Å². The number of nitrogens with one attached hydrogen (secondary N) is 1. The van der Waals surface area contributed by atoms with Crippen molar-refractivity contribution in [3.63, 3.8) is 0 Å². The molecule has 1 heterocycles. The number of rotatable bonds is 5. The van der Waals surface area contributed by atoms with Gasteiger partial charge < -0.3 is 10.2 Å². The molecule has 1 fully saturated rings. The van der Waals surface area contributed by atoms with Gasteiger partial charge in [0.15, 0.2) is 0 Å². The third-order valence-electron chi connectivity index (χ3n) is 5.96. The van der Waals surface area contributed by atoms with Gasteiger partial charge in [0.05, 0.1) is 0 Å². The van der Waals surface area contributed by atoms with Crippen molar-refractivity contribution in [1.82, 2.24) is 0 Å². The maximum Gasteiger partial charge on any atom is 0.255 e. The Morgan fingerprint density at radius 2 is 1.82 bits per heavy atom. The maximum atomic E-state index is 12.8. The Balaban J connectivity index is 1.44. The van der Waals surface area contributed by atoms with Gasteiger partial charge in [-0.3, -0.25) is 9.59 Å². The van der Waals surface area contributed by atoms with Gasteiger partial charge in [-0.25, -0.2) is 0 Å². The molecule has 2 aromatic rings. The first-order valence-electron chi connectivity index (χ1n) is 10.5. The fourth-order valence-electron chi connectivity index (χ4n) is 4.42. The fourth-order valence-corrected chi connectivity index (χ4v) is 4.42. The van der Waals surface area contributed by atoms with E-state index in [4.69, 9.17) is 0 Å². The highest BCUT2D eigenvalue weighted by atomic mass is 16.2. The van der Waals surface area contributed by atoms with E-state index in [1.807, 2.05) is 47.4 Å². The van der Waals surface area contributed by atoms with Crippen molar-refractivity contribution in [1.29, 1.82) is 0 Å². The molecule has 2 aliphatic rings. The zero-order valence-electron chi connectivity index (χ0n) is 16.5. The maximum absolute atomic E-state index is 12.8. The number of carbonyl (C=O) groups is 2. The Labute approximate surface area is 166 Å². The number of fused-ring (bicyclic) bond motifs is 1. The second-order valence-electron chi connectivity index (χ2n) is 7.97. The number of hydrogen-bond donors (Lipinski definition) is 1. The Morgan fingerprint density at radius 1 is 1.07 bits per heavy atom. The standard InChI is InChI=1S/C24H28N2O2/c1-2-5-17-8-10-18(11-9-17)23(27)25-21-12-13-22-20(16-21)14-15-26(22)24(28)19-6-3-4-7-19/h8-13,16,19H,2-7,14-15H2,1H3,(H,25,27). The van der Waals surface area contributed by atoms with Gasteiger partial charge in [-0.2, -0.15) is 0 Å². The van der Waals surface area contributed by atoms with Gasteiger partial charge in [0.1, 0.15) is 0 Å². The van der Waals surface area contributed by atoms with E-state index in [-0.39, 0.29) is 17.7 Å². The van der Waals surface area contributed by atoms with E-state index in [1.54, 1.807) is 0 Å². The Kier molecular flexibility index (Phi) is 5.47. The first-order chi connectivity index (χ1) is 13.7. The van der Waals surface area contributed by atoms with Crippen LogP contribution in [0.15, 0.2) is 42.5 Å². The molecule has 0 unspecified atom stereocenters. The summed E-state index contributed by atoms with van der Waals surface area (Å²) in [5.74, 6) is 0.376. The highest BCUT2D eigenvalue weighted by Gasteiger charge is 2.31. The molecule has 2 amide bonds. The topological polar surface area (TPSA) is 49.4 Å². The monoisotopic (exact) mass is 376 g/mol. The van der Waals surface area contributed by atoms with Crippen LogP contribution in [0.2, 0.25) is 0 Å². The van der Waals surface area contributed by atoms with E-state index < -0.39 is 0 Å². The second-order valence-corrected chi connectivity index (χ2v) is 7.97. The van der Waals surface area contributed by atoms with Crippen LogP contribution in [-0.4, -0.2) is 18.4 Å². The lowest BCUT2D eigenvalue weighted by Gasteiger charge is -2.21. The van der Waals surface area contributed by atoms with Crippen molar-refractivity contribution in [3.8, 4) is 0 Å². The average molecular weight is 377 g/mol. The predicted molar refractivity (Wildman–Crippen MR) is 113 cm³/mol. The first kappa shape index (κ1) is 18.7. The molecule has 2 aromatic carbocycles. The van der Waals surface area contributed by atoms with Crippen molar-refractivity contribution >= 4 is 23.2 Å². The molecular formula is C24H28N2O2. The molecular weight excluding hydrogens is 348 g/mol. The molecule has 4 nitrogen and oxygen atoms in total. The Bertz CT molecular complexity index is 867. The number of benzene rings is 2. The lowest BCUT2D eigenvalue weighted by atomic mass is 10.1. The summed E-state index contributed by atoms with van der Waals surface area (Å²) in [5, 5.41) is 3.00. The molecule has 0 aromatic heterocycles. The number of nitrogens with zero attached hydrogens (tertiary/aromatic N) is 1. The summed E-state index contributed by atoms with van der Waals surface area (Å²) in [6.07, 6.45) is 7.36. The Morgan fingerprint density at radius 3 is 2.54 bits per heavy atom. The smallest absolute Gasteiger partial charge is 0.255 e. The lowest BCUT2D eigenvalue weighted by Crippen LogP contribution is -2.33. The molecule has 4 heteroatoms. The third kappa shape index (κ3) is 3.82. The Hall–Kier alpha value is -2.62. The van der Waals surface area contributed by atoms with Crippen LogP contribution in [0.5, 0.6) is 0 Å². The number of amides is 2. The molecule has 4 rings (SSSR count). The van der Waals surface area contributed by atoms with Gasteiger partial charge in [0.25, 0.3) is 5.91 Å². The zero-order chi connectivity index (χ0) is 19.5. The SMILES string of the molecule is CCCc1ccc(C(=O)Nc2ccc3c(c2)CCN3C(=O)C2CCCC2)cc1. The minimum atomic E-state index is -0.0973. The van der Waals surface area contributed by atoms with Gasteiger partial charge in [0.2, 0.25) is 5.91 Å². The van der Waals surface area contributed by atoms with Crippen LogP contribution in [0, 0.1) is 5.92 Å². The van der Waals surface area contributed by atoms with Gasteiger partial charge in [-0.15, -0.1) is 0 Å². The minimum absolute atomic E-state index is 0.0973. The van der Waals surface area contributed by atoms with Gasteiger partial charge in [0, 0.05) is 29.4 Å². The molecule has 0 saturated heterocycles. The van der Waals surface area contributed by atoms with Crippen LogP contribution in [0.4, 0.5) is 11.4 Å². The van der Waals surface area contributed by atoms with E-state index in [1.165, 1.54) is 18.4 Å². The number of carbonyl (C=O) groups excluding carboxylic acids is 2. The van der Waals surface area contributed by atoms with E-state index in [2.05, 4.69) is 12.2 Å². The second kappa shape index (κ2) is 8.17. The summed E-state index contributed by atoms with van der Waals surface area (Å²) >= 11 is 0. The molecule has 1 N–H and O–H groups in total. The van der Waals surface area contributed by atoms with Gasteiger partial charge in [-0.05, 0) is 67.1 Å². The molecule has 0 spiro atoms. The van der Waals surface area contributed by atoms with E-state index >= 15 is 0 Å². The normalized spacial score (nSPS) is 16.2. The van der Waals surface area contributed by atoms with Gasteiger partial charge in [-0.1, -0.05) is 38.3 Å². The molecule has 0 atom stereocenters. The molecule has 0 bridgehead atoms. The molecule has 1 aliphatic heterocycles. The van der Waals surface area contributed by atoms with Crippen LogP contribution < -0.4 is 10.2 Å². The average Bonchev–Trinajstić information content (AvgIpc) is 3.38. The van der Waals surface area contributed by atoms with Crippen molar-refractivity contribution in [3.05, 3.63) is 59.2 Å². The van der Waals surface area contributed by atoms with E-state index in [0.717, 1.165) is 55.6 Å². The minimum Gasteiger partial charge on any atom is -0.322 e. The van der Waals surface area contributed by atoms with Crippen LogP contribution in [-0.2, 0) is 17.6 Å². The summed E-state index contributed by atoms with van der Waals surface area (Å²) < 4.78 is 0. The molecule has 1 aliphatic carbocycles. The molecule has 146 valence electrons. The van der Waals surface area contributed by atoms with Crippen molar-refractivity contribution in [2.45, 2.75) is 51.9 Å². The van der Waals surface area contributed by atoms with Crippen LogP contribution in [0.1, 0.15) is 60.5 Å². The summed E-state index contributed by atoms with van der Waals surface area (Å²) in [6.45, 7) is 2.90.